The van der Waals surface area contributed by atoms with Gasteiger partial charge in [0.25, 0.3) is 5.56 Å². The molecule has 0 atom stereocenters. The first-order chi connectivity index (χ1) is 11.8. The number of piperazine rings is 1. The number of aromatic amines is 1. The van der Waals surface area contributed by atoms with Gasteiger partial charge >= 0.3 is 5.69 Å². The van der Waals surface area contributed by atoms with Crippen molar-refractivity contribution < 1.29 is 4.79 Å². The number of anilines is 1. The quantitative estimate of drug-likeness (QED) is 0.825. The molecule has 25 heavy (non-hydrogen) atoms. The lowest BCUT2D eigenvalue weighted by Gasteiger charge is -2.35. The summed E-state index contributed by atoms with van der Waals surface area (Å²) in [5, 5.41) is 0. The van der Waals surface area contributed by atoms with Crippen molar-refractivity contribution in [2.24, 2.45) is 13.0 Å². The van der Waals surface area contributed by atoms with E-state index in [4.69, 9.17) is 0 Å². The summed E-state index contributed by atoms with van der Waals surface area (Å²) in [5.74, 6) is 1.05. The van der Waals surface area contributed by atoms with Crippen molar-refractivity contribution in [3.8, 4) is 0 Å². The zero-order valence-electron chi connectivity index (χ0n) is 15.1. The number of nitrogens with one attached hydrogen (secondary N) is 1. The SMILES string of the molecule is CC(=O)N1CCN(c2nc3c(c(=O)[nH]c(=O)n3C)n2CC(C)C)CC1. The molecule has 0 unspecified atom stereocenters. The Hall–Kier alpha value is -2.58. The molecule has 1 amide bonds. The first-order valence-corrected chi connectivity index (χ1v) is 8.49. The van der Waals surface area contributed by atoms with E-state index < -0.39 is 11.2 Å². The predicted molar refractivity (Wildman–Crippen MR) is 94.9 cm³/mol. The van der Waals surface area contributed by atoms with Crippen molar-refractivity contribution in [2.45, 2.75) is 27.3 Å². The van der Waals surface area contributed by atoms with Gasteiger partial charge in [-0.25, -0.2) is 4.79 Å². The highest BCUT2D eigenvalue weighted by Crippen LogP contribution is 2.22. The number of carbonyl (C=O) groups is 1. The number of H-pyrrole nitrogens is 1. The number of nitrogens with zero attached hydrogens (tertiary/aromatic N) is 5. The average Bonchev–Trinajstić information content (AvgIpc) is 2.92. The molecule has 0 aromatic carbocycles. The van der Waals surface area contributed by atoms with Gasteiger partial charge in [-0.2, -0.15) is 4.98 Å². The highest BCUT2D eigenvalue weighted by Gasteiger charge is 2.25. The molecule has 0 aliphatic carbocycles. The second-order valence-electron chi connectivity index (χ2n) is 6.90. The molecule has 0 radical (unpaired) electrons. The van der Waals surface area contributed by atoms with E-state index in [1.165, 1.54) is 4.57 Å². The molecule has 1 saturated heterocycles. The van der Waals surface area contributed by atoms with Crippen molar-refractivity contribution in [3.63, 3.8) is 0 Å². The molecule has 0 saturated carbocycles. The minimum Gasteiger partial charge on any atom is -0.339 e. The Kier molecular flexibility index (Phi) is 4.40. The van der Waals surface area contributed by atoms with Gasteiger partial charge < -0.3 is 14.4 Å². The largest absolute Gasteiger partial charge is 0.339 e. The molecular formula is C16H24N6O3. The summed E-state index contributed by atoms with van der Waals surface area (Å²) in [4.78, 5) is 46.6. The molecule has 3 heterocycles. The van der Waals surface area contributed by atoms with Crippen LogP contribution >= 0.6 is 0 Å². The van der Waals surface area contributed by atoms with Gasteiger partial charge in [0.2, 0.25) is 11.9 Å². The molecule has 1 aliphatic rings. The maximum Gasteiger partial charge on any atom is 0.329 e. The number of fused-ring (bicyclic) bond motifs is 1. The number of hydrogen-bond acceptors (Lipinski definition) is 5. The summed E-state index contributed by atoms with van der Waals surface area (Å²) < 4.78 is 3.25. The zero-order valence-corrected chi connectivity index (χ0v) is 15.1. The van der Waals surface area contributed by atoms with E-state index in [2.05, 4.69) is 28.7 Å². The number of aryl methyl sites for hydroxylation is 1. The lowest BCUT2D eigenvalue weighted by Crippen LogP contribution is -2.49. The molecular weight excluding hydrogens is 324 g/mol. The van der Waals surface area contributed by atoms with Gasteiger partial charge in [0.15, 0.2) is 11.2 Å². The number of imidazole rings is 1. The maximum atomic E-state index is 12.4. The second kappa shape index (κ2) is 6.38. The fraction of sp³-hybridized carbons (Fsp3) is 0.625. The molecule has 1 N–H and O–H groups in total. The third-order valence-corrected chi connectivity index (χ3v) is 4.54. The van der Waals surface area contributed by atoms with E-state index in [0.717, 1.165) is 0 Å². The summed E-state index contributed by atoms with van der Waals surface area (Å²) in [7, 11) is 1.60. The van der Waals surface area contributed by atoms with Gasteiger partial charge in [-0.3, -0.25) is 19.1 Å². The van der Waals surface area contributed by atoms with Gasteiger partial charge in [-0.05, 0) is 5.92 Å². The van der Waals surface area contributed by atoms with Crippen molar-refractivity contribution in [2.75, 3.05) is 31.1 Å². The third kappa shape index (κ3) is 3.06. The molecule has 3 rings (SSSR count). The summed E-state index contributed by atoms with van der Waals surface area (Å²) in [6.45, 7) is 8.86. The molecule has 9 nitrogen and oxygen atoms in total. The van der Waals surface area contributed by atoms with Crippen molar-refractivity contribution in [3.05, 3.63) is 20.8 Å². The zero-order chi connectivity index (χ0) is 18.3. The number of carbonyl (C=O) groups excluding carboxylic acids is 1. The van der Waals surface area contributed by atoms with E-state index in [-0.39, 0.29) is 5.91 Å². The van der Waals surface area contributed by atoms with E-state index in [9.17, 15) is 14.4 Å². The fourth-order valence-corrected chi connectivity index (χ4v) is 3.22. The highest BCUT2D eigenvalue weighted by atomic mass is 16.2. The van der Waals surface area contributed by atoms with Crippen LogP contribution in [-0.4, -0.2) is 56.1 Å². The Morgan fingerprint density at radius 1 is 1.20 bits per heavy atom. The molecule has 9 heteroatoms. The minimum absolute atomic E-state index is 0.0641. The van der Waals surface area contributed by atoms with Crippen LogP contribution in [0.2, 0.25) is 0 Å². The van der Waals surface area contributed by atoms with E-state index in [1.807, 2.05) is 4.57 Å². The Labute approximate surface area is 144 Å². The van der Waals surface area contributed by atoms with Crippen molar-refractivity contribution >= 4 is 23.0 Å². The van der Waals surface area contributed by atoms with Crippen LogP contribution in [0, 0.1) is 5.92 Å². The van der Waals surface area contributed by atoms with Crippen molar-refractivity contribution in [1.82, 2.24) is 24.0 Å². The van der Waals surface area contributed by atoms with E-state index in [1.54, 1.807) is 18.9 Å². The molecule has 1 aliphatic heterocycles. The highest BCUT2D eigenvalue weighted by molar-refractivity contribution is 5.75. The Morgan fingerprint density at radius 2 is 1.84 bits per heavy atom. The molecule has 2 aromatic rings. The lowest BCUT2D eigenvalue weighted by molar-refractivity contribution is -0.129. The van der Waals surface area contributed by atoms with Crippen LogP contribution in [0.15, 0.2) is 9.59 Å². The summed E-state index contributed by atoms with van der Waals surface area (Å²) >= 11 is 0. The lowest BCUT2D eigenvalue weighted by atomic mass is 10.2. The summed E-state index contributed by atoms with van der Waals surface area (Å²) in [6.07, 6.45) is 0. The monoisotopic (exact) mass is 348 g/mol. The van der Waals surface area contributed by atoms with E-state index in [0.29, 0.717) is 55.8 Å². The van der Waals surface area contributed by atoms with Crippen LogP contribution in [0.5, 0.6) is 0 Å². The summed E-state index contributed by atoms with van der Waals surface area (Å²) in [6, 6.07) is 0. The third-order valence-electron chi connectivity index (χ3n) is 4.54. The summed E-state index contributed by atoms with van der Waals surface area (Å²) in [5.41, 5.74) is -0.0855. The van der Waals surface area contributed by atoms with Crippen LogP contribution in [0.4, 0.5) is 5.95 Å². The van der Waals surface area contributed by atoms with Gasteiger partial charge in [0.1, 0.15) is 0 Å². The normalized spacial score (nSPS) is 15.4. The van der Waals surface area contributed by atoms with Crippen LogP contribution in [0.25, 0.3) is 11.2 Å². The number of aromatic nitrogens is 4. The Balaban J connectivity index is 2.10. The first kappa shape index (κ1) is 17.2. The molecule has 0 spiro atoms. The second-order valence-corrected chi connectivity index (χ2v) is 6.90. The molecule has 0 bridgehead atoms. The van der Waals surface area contributed by atoms with Crippen LogP contribution in [0.1, 0.15) is 20.8 Å². The van der Waals surface area contributed by atoms with Crippen LogP contribution in [-0.2, 0) is 18.4 Å². The van der Waals surface area contributed by atoms with Gasteiger partial charge in [0, 0.05) is 46.7 Å². The maximum absolute atomic E-state index is 12.4. The van der Waals surface area contributed by atoms with Gasteiger partial charge in [-0.1, -0.05) is 13.8 Å². The number of rotatable bonds is 3. The predicted octanol–water partition coefficient (Wildman–Crippen LogP) is -0.252. The van der Waals surface area contributed by atoms with Crippen molar-refractivity contribution in [1.29, 1.82) is 0 Å². The minimum atomic E-state index is -0.473. The average molecular weight is 348 g/mol. The molecule has 2 aromatic heterocycles. The van der Waals surface area contributed by atoms with Crippen LogP contribution in [0.3, 0.4) is 0 Å². The number of amides is 1. The molecule has 136 valence electrons. The Morgan fingerprint density at radius 3 is 2.40 bits per heavy atom. The topological polar surface area (TPSA) is 96.2 Å². The number of hydrogen-bond donors (Lipinski definition) is 1. The van der Waals surface area contributed by atoms with E-state index >= 15 is 0 Å². The Bertz CT molecular complexity index is 914. The fourth-order valence-electron chi connectivity index (χ4n) is 3.22. The van der Waals surface area contributed by atoms with Gasteiger partial charge in [0.05, 0.1) is 0 Å². The van der Waals surface area contributed by atoms with Crippen LogP contribution < -0.4 is 16.1 Å². The first-order valence-electron chi connectivity index (χ1n) is 8.49. The molecule has 1 fully saturated rings. The standard InChI is InChI=1S/C16H24N6O3/c1-10(2)9-22-12-13(19(4)16(25)18-14(12)24)17-15(22)21-7-5-20(6-8-21)11(3)23/h10H,5-9H2,1-4H3,(H,18,24,25). The van der Waals surface area contributed by atoms with Gasteiger partial charge in [-0.15, -0.1) is 0 Å². The smallest absolute Gasteiger partial charge is 0.329 e.